The number of benzene rings is 1. The Morgan fingerprint density at radius 2 is 2.06 bits per heavy atom. The van der Waals surface area contributed by atoms with E-state index in [-0.39, 0.29) is 0 Å². The van der Waals surface area contributed by atoms with Gasteiger partial charge in [0.1, 0.15) is 0 Å². The van der Waals surface area contributed by atoms with Gasteiger partial charge in [-0.05, 0) is 37.4 Å². The summed E-state index contributed by atoms with van der Waals surface area (Å²) in [6, 6.07) is 11.1. The van der Waals surface area contributed by atoms with Gasteiger partial charge in [-0.1, -0.05) is 25.1 Å². The van der Waals surface area contributed by atoms with Crippen molar-refractivity contribution >= 4 is 5.69 Å². The van der Waals surface area contributed by atoms with Gasteiger partial charge in [0.15, 0.2) is 0 Å². The van der Waals surface area contributed by atoms with Crippen molar-refractivity contribution in [1.29, 1.82) is 0 Å². The number of rotatable bonds is 5. The Morgan fingerprint density at radius 1 is 1.28 bits per heavy atom. The van der Waals surface area contributed by atoms with E-state index in [1.807, 2.05) is 0 Å². The molecule has 3 nitrogen and oxygen atoms in total. The summed E-state index contributed by atoms with van der Waals surface area (Å²) in [6.07, 6.45) is 2.09. The summed E-state index contributed by atoms with van der Waals surface area (Å²) in [5, 5.41) is 12.7. The first kappa shape index (κ1) is 13.4. The standard InChI is InChI=1S/C15H24N2O/c1-2-16-14-10-13(8-9-18)11-17(12-14)15-6-4-3-5-7-15/h3-7,13-14,16,18H,2,8-12H2,1H3. The van der Waals surface area contributed by atoms with Gasteiger partial charge in [-0.25, -0.2) is 0 Å². The molecule has 1 fully saturated rings. The summed E-state index contributed by atoms with van der Waals surface area (Å²) in [4.78, 5) is 2.44. The predicted molar refractivity (Wildman–Crippen MR) is 75.9 cm³/mol. The van der Waals surface area contributed by atoms with Gasteiger partial charge in [0.05, 0.1) is 0 Å². The molecule has 0 amide bonds. The van der Waals surface area contributed by atoms with Gasteiger partial charge in [0.25, 0.3) is 0 Å². The Labute approximate surface area is 110 Å². The van der Waals surface area contributed by atoms with Crippen LogP contribution in [0.2, 0.25) is 0 Å². The Morgan fingerprint density at radius 3 is 2.72 bits per heavy atom. The van der Waals surface area contributed by atoms with Gasteiger partial charge in [-0.3, -0.25) is 0 Å². The van der Waals surface area contributed by atoms with Crippen LogP contribution in [0.15, 0.2) is 30.3 Å². The number of hydrogen-bond acceptors (Lipinski definition) is 3. The van der Waals surface area contributed by atoms with Crippen molar-refractivity contribution in [1.82, 2.24) is 5.32 Å². The Hall–Kier alpha value is -1.06. The molecule has 0 aliphatic carbocycles. The topological polar surface area (TPSA) is 35.5 Å². The molecule has 0 aromatic heterocycles. The van der Waals surface area contributed by atoms with E-state index in [1.54, 1.807) is 0 Å². The smallest absolute Gasteiger partial charge is 0.0434 e. The highest BCUT2D eigenvalue weighted by Crippen LogP contribution is 2.24. The number of nitrogens with zero attached hydrogens (tertiary/aromatic N) is 1. The maximum Gasteiger partial charge on any atom is 0.0434 e. The molecule has 3 heteroatoms. The van der Waals surface area contributed by atoms with Crippen molar-refractivity contribution in [3.05, 3.63) is 30.3 Å². The monoisotopic (exact) mass is 248 g/mol. The highest BCUT2D eigenvalue weighted by atomic mass is 16.3. The fraction of sp³-hybridized carbons (Fsp3) is 0.600. The molecule has 1 saturated heterocycles. The number of nitrogens with one attached hydrogen (secondary N) is 1. The van der Waals surface area contributed by atoms with E-state index in [4.69, 9.17) is 5.11 Å². The molecule has 1 heterocycles. The summed E-state index contributed by atoms with van der Waals surface area (Å²) in [5.74, 6) is 0.591. The van der Waals surface area contributed by atoms with E-state index >= 15 is 0 Å². The first-order valence-corrected chi connectivity index (χ1v) is 6.97. The van der Waals surface area contributed by atoms with E-state index in [2.05, 4.69) is 47.5 Å². The number of hydrogen-bond donors (Lipinski definition) is 2. The molecule has 2 unspecified atom stereocenters. The number of piperidine rings is 1. The Balaban J connectivity index is 2.05. The third kappa shape index (κ3) is 3.47. The van der Waals surface area contributed by atoms with Gasteiger partial charge >= 0.3 is 0 Å². The van der Waals surface area contributed by atoms with Crippen molar-refractivity contribution in [2.24, 2.45) is 5.92 Å². The normalized spacial score (nSPS) is 24.2. The van der Waals surface area contributed by atoms with Gasteiger partial charge in [0.2, 0.25) is 0 Å². The van der Waals surface area contributed by atoms with Crippen molar-refractivity contribution in [3.8, 4) is 0 Å². The van der Waals surface area contributed by atoms with E-state index < -0.39 is 0 Å². The number of aliphatic hydroxyl groups is 1. The van der Waals surface area contributed by atoms with Gasteiger partial charge in [0, 0.05) is 31.4 Å². The molecule has 1 aliphatic heterocycles. The third-order valence-electron chi connectivity index (χ3n) is 3.69. The summed E-state index contributed by atoms with van der Waals surface area (Å²) >= 11 is 0. The molecule has 1 aliphatic rings. The zero-order valence-electron chi connectivity index (χ0n) is 11.2. The fourth-order valence-electron chi connectivity index (χ4n) is 2.88. The lowest BCUT2D eigenvalue weighted by atomic mass is 9.91. The minimum Gasteiger partial charge on any atom is -0.396 e. The number of anilines is 1. The van der Waals surface area contributed by atoms with Crippen LogP contribution < -0.4 is 10.2 Å². The summed E-state index contributed by atoms with van der Waals surface area (Å²) < 4.78 is 0. The quantitative estimate of drug-likeness (QED) is 0.835. The number of para-hydroxylation sites is 1. The summed E-state index contributed by atoms with van der Waals surface area (Å²) in [6.45, 7) is 5.60. The first-order valence-electron chi connectivity index (χ1n) is 6.97. The molecular formula is C15H24N2O. The first-order chi connectivity index (χ1) is 8.83. The molecule has 0 radical (unpaired) electrons. The van der Waals surface area contributed by atoms with Gasteiger partial charge in [-0.2, -0.15) is 0 Å². The predicted octanol–water partition coefficient (Wildman–Crippen LogP) is 1.87. The zero-order valence-corrected chi connectivity index (χ0v) is 11.2. The van der Waals surface area contributed by atoms with Crippen molar-refractivity contribution in [2.45, 2.75) is 25.8 Å². The number of likely N-dealkylation sites (N-methyl/N-ethyl adjacent to an activating group) is 1. The minimum atomic E-state index is 0.298. The maximum absolute atomic E-state index is 9.15. The van der Waals surface area contributed by atoms with Crippen LogP contribution >= 0.6 is 0 Å². The summed E-state index contributed by atoms with van der Waals surface area (Å²) in [7, 11) is 0. The number of aliphatic hydroxyl groups excluding tert-OH is 1. The molecule has 0 bridgehead atoms. The van der Waals surface area contributed by atoms with Crippen LogP contribution in [0.3, 0.4) is 0 Å². The molecule has 0 saturated carbocycles. The van der Waals surface area contributed by atoms with Crippen LogP contribution in [0.25, 0.3) is 0 Å². The summed E-state index contributed by atoms with van der Waals surface area (Å²) in [5.41, 5.74) is 1.29. The SMILES string of the molecule is CCNC1CC(CCO)CN(c2ccccc2)C1. The highest BCUT2D eigenvalue weighted by Gasteiger charge is 2.26. The molecular weight excluding hydrogens is 224 g/mol. The zero-order chi connectivity index (χ0) is 12.8. The molecule has 2 N–H and O–H groups in total. The lowest BCUT2D eigenvalue weighted by Gasteiger charge is -2.39. The molecule has 0 spiro atoms. The van der Waals surface area contributed by atoms with Crippen LogP contribution in [0.1, 0.15) is 19.8 Å². The second kappa shape index (κ2) is 6.76. The van der Waals surface area contributed by atoms with Crippen LogP contribution in [0.4, 0.5) is 5.69 Å². The van der Waals surface area contributed by atoms with Crippen LogP contribution in [-0.2, 0) is 0 Å². The molecule has 2 atom stereocenters. The lowest BCUT2D eigenvalue weighted by Crippen LogP contribution is -2.49. The average molecular weight is 248 g/mol. The van der Waals surface area contributed by atoms with E-state index in [0.717, 1.165) is 26.1 Å². The van der Waals surface area contributed by atoms with E-state index in [9.17, 15) is 0 Å². The maximum atomic E-state index is 9.15. The lowest BCUT2D eigenvalue weighted by molar-refractivity contribution is 0.231. The molecule has 1 aromatic carbocycles. The van der Waals surface area contributed by atoms with Crippen molar-refractivity contribution < 1.29 is 5.11 Å². The van der Waals surface area contributed by atoms with Crippen LogP contribution in [0.5, 0.6) is 0 Å². The largest absolute Gasteiger partial charge is 0.396 e. The van der Waals surface area contributed by atoms with Crippen molar-refractivity contribution in [2.75, 3.05) is 31.1 Å². The second-order valence-corrected chi connectivity index (χ2v) is 5.11. The molecule has 2 rings (SSSR count). The van der Waals surface area contributed by atoms with Gasteiger partial charge < -0.3 is 15.3 Å². The highest BCUT2D eigenvalue weighted by molar-refractivity contribution is 5.46. The molecule has 1 aromatic rings. The van der Waals surface area contributed by atoms with E-state index in [1.165, 1.54) is 12.1 Å². The van der Waals surface area contributed by atoms with E-state index in [0.29, 0.717) is 18.6 Å². The molecule has 18 heavy (non-hydrogen) atoms. The average Bonchev–Trinajstić information content (AvgIpc) is 2.40. The third-order valence-corrected chi connectivity index (χ3v) is 3.69. The van der Waals surface area contributed by atoms with Crippen LogP contribution in [0, 0.1) is 5.92 Å². The fourth-order valence-corrected chi connectivity index (χ4v) is 2.88. The second-order valence-electron chi connectivity index (χ2n) is 5.11. The Bertz CT molecular complexity index is 328. The van der Waals surface area contributed by atoms with Crippen LogP contribution in [-0.4, -0.2) is 37.4 Å². The molecule has 100 valence electrons. The van der Waals surface area contributed by atoms with Crippen molar-refractivity contribution in [3.63, 3.8) is 0 Å². The Kier molecular flexibility index (Phi) is 5.02. The minimum absolute atomic E-state index is 0.298. The van der Waals surface area contributed by atoms with Gasteiger partial charge in [-0.15, -0.1) is 0 Å².